The van der Waals surface area contributed by atoms with E-state index in [1.165, 1.54) is 0 Å². The summed E-state index contributed by atoms with van der Waals surface area (Å²) in [5, 5.41) is 11.2. The fourth-order valence-corrected chi connectivity index (χ4v) is 1.30. The first-order valence-corrected chi connectivity index (χ1v) is 5.41. The highest BCUT2D eigenvalue weighted by Gasteiger charge is 2.15. The molecule has 0 aliphatic heterocycles. The van der Waals surface area contributed by atoms with Crippen LogP contribution in [-0.4, -0.2) is 30.1 Å². The Bertz CT molecular complexity index is 417. The number of hydrogen-bond acceptors (Lipinski definition) is 4. The van der Waals surface area contributed by atoms with Crippen molar-refractivity contribution < 1.29 is 19.4 Å². The molecule has 98 valence electrons. The van der Waals surface area contributed by atoms with E-state index in [0.717, 1.165) is 11.3 Å². The second-order valence-corrected chi connectivity index (χ2v) is 3.77. The molecule has 6 heteroatoms. The summed E-state index contributed by atoms with van der Waals surface area (Å²) in [6, 6.07) is 6.03. The van der Waals surface area contributed by atoms with Gasteiger partial charge >= 0.3 is 5.97 Å². The van der Waals surface area contributed by atoms with Gasteiger partial charge in [0.1, 0.15) is 11.8 Å². The highest BCUT2D eigenvalue weighted by molar-refractivity contribution is 5.84. The Morgan fingerprint density at radius 3 is 2.50 bits per heavy atom. The molecule has 0 fully saturated rings. The van der Waals surface area contributed by atoms with E-state index in [2.05, 4.69) is 5.32 Å². The van der Waals surface area contributed by atoms with Crippen LogP contribution in [0.2, 0.25) is 0 Å². The average Bonchev–Trinajstić information content (AvgIpc) is 2.36. The van der Waals surface area contributed by atoms with Crippen LogP contribution in [0.25, 0.3) is 0 Å². The third kappa shape index (κ3) is 4.42. The highest BCUT2D eigenvalue weighted by Crippen LogP contribution is 2.10. The van der Waals surface area contributed by atoms with Gasteiger partial charge in [0.25, 0.3) is 0 Å². The molecule has 0 aliphatic carbocycles. The Morgan fingerprint density at radius 2 is 2.00 bits per heavy atom. The second kappa shape index (κ2) is 6.61. The Kier molecular flexibility index (Phi) is 5.13. The van der Waals surface area contributed by atoms with Crippen molar-refractivity contribution in [2.24, 2.45) is 5.73 Å². The maximum Gasteiger partial charge on any atom is 0.321 e. The van der Waals surface area contributed by atoms with Crippen LogP contribution < -0.4 is 15.8 Å². The zero-order valence-corrected chi connectivity index (χ0v) is 10.1. The normalized spacial score (nSPS) is 11.7. The SMILES string of the molecule is COc1ccc(CNC(=O)CC(N)C(=O)O)cc1. The van der Waals surface area contributed by atoms with Crippen molar-refractivity contribution in [3.8, 4) is 5.75 Å². The summed E-state index contributed by atoms with van der Waals surface area (Å²) < 4.78 is 5.00. The van der Waals surface area contributed by atoms with Crippen molar-refractivity contribution in [2.75, 3.05) is 7.11 Å². The van der Waals surface area contributed by atoms with E-state index in [9.17, 15) is 9.59 Å². The van der Waals surface area contributed by atoms with Gasteiger partial charge < -0.3 is 20.9 Å². The van der Waals surface area contributed by atoms with Gasteiger partial charge in [-0.25, -0.2) is 0 Å². The summed E-state index contributed by atoms with van der Waals surface area (Å²) in [7, 11) is 1.57. The molecular formula is C12H16N2O4. The van der Waals surface area contributed by atoms with Crippen LogP contribution in [0.5, 0.6) is 5.75 Å². The number of aliphatic carboxylic acids is 1. The van der Waals surface area contributed by atoms with Gasteiger partial charge in [-0.3, -0.25) is 9.59 Å². The van der Waals surface area contributed by atoms with Gasteiger partial charge in [0.2, 0.25) is 5.91 Å². The summed E-state index contributed by atoms with van der Waals surface area (Å²) in [4.78, 5) is 21.8. The quantitative estimate of drug-likeness (QED) is 0.667. The van der Waals surface area contributed by atoms with Crippen molar-refractivity contribution >= 4 is 11.9 Å². The molecule has 1 atom stereocenters. The minimum atomic E-state index is -1.19. The number of rotatable bonds is 6. The van der Waals surface area contributed by atoms with E-state index >= 15 is 0 Å². The molecule has 0 heterocycles. The van der Waals surface area contributed by atoms with Crippen LogP contribution in [-0.2, 0) is 16.1 Å². The van der Waals surface area contributed by atoms with E-state index in [1.807, 2.05) is 12.1 Å². The van der Waals surface area contributed by atoms with Crippen molar-refractivity contribution in [3.63, 3.8) is 0 Å². The minimum Gasteiger partial charge on any atom is -0.497 e. The summed E-state index contributed by atoms with van der Waals surface area (Å²) in [6.45, 7) is 0.329. The molecule has 1 aromatic rings. The van der Waals surface area contributed by atoms with E-state index in [0.29, 0.717) is 6.54 Å². The van der Waals surface area contributed by atoms with Crippen LogP contribution in [0.3, 0.4) is 0 Å². The summed E-state index contributed by atoms with van der Waals surface area (Å²) in [6.07, 6.45) is -0.231. The lowest BCUT2D eigenvalue weighted by molar-refractivity contribution is -0.140. The van der Waals surface area contributed by atoms with Crippen molar-refractivity contribution in [1.82, 2.24) is 5.32 Å². The smallest absolute Gasteiger partial charge is 0.321 e. The number of carbonyl (C=O) groups is 2. The van der Waals surface area contributed by atoms with Crippen LogP contribution in [0.15, 0.2) is 24.3 Å². The number of methoxy groups -OCH3 is 1. The van der Waals surface area contributed by atoms with Gasteiger partial charge in [0.15, 0.2) is 0 Å². The molecule has 18 heavy (non-hydrogen) atoms. The molecule has 0 radical (unpaired) electrons. The van der Waals surface area contributed by atoms with Gasteiger partial charge in [0, 0.05) is 6.54 Å². The molecule has 0 aliphatic rings. The maximum absolute atomic E-state index is 11.4. The molecule has 0 saturated heterocycles. The molecule has 0 saturated carbocycles. The van der Waals surface area contributed by atoms with Crippen molar-refractivity contribution in [2.45, 2.75) is 19.0 Å². The second-order valence-electron chi connectivity index (χ2n) is 3.77. The van der Waals surface area contributed by atoms with E-state index < -0.39 is 12.0 Å². The van der Waals surface area contributed by atoms with Crippen LogP contribution >= 0.6 is 0 Å². The molecule has 1 rings (SSSR count). The fraction of sp³-hybridized carbons (Fsp3) is 0.333. The van der Waals surface area contributed by atoms with Crippen molar-refractivity contribution in [1.29, 1.82) is 0 Å². The largest absolute Gasteiger partial charge is 0.497 e. The standard InChI is InChI=1S/C12H16N2O4/c1-18-9-4-2-8(3-5-9)7-14-11(15)6-10(13)12(16)17/h2-5,10H,6-7,13H2,1H3,(H,14,15)(H,16,17). The number of hydrogen-bond donors (Lipinski definition) is 3. The third-order valence-electron chi connectivity index (χ3n) is 2.37. The van der Waals surface area contributed by atoms with Gasteiger partial charge in [-0.2, -0.15) is 0 Å². The molecular weight excluding hydrogens is 236 g/mol. The lowest BCUT2D eigenvalue weighted by Crippen LogP contribution is -2.36. The lowest BCUT2D eigenvalue weighted by Gasteiger charge is -2.08. The first-order valence-electron chi connectivity index (χ1n) is 5.41. The Morgan fingerprint density at radius 1 is 1.39 bits per heavy atom. The molecule has 0 aromatic heterocycles. The molecule has 1 amide bonds. The molecule has 1 unspecified atom stereocenters. The predicted octanol–water partition coefficient (Wildman–Crippen LogP) is 0.113. The van der Waals surface area contributed by atoms with Gasteiger partial charge in [0.05, 0.1) is 13.5 Å². The number of ether oxygens (including phenoxy) is 1. The number of carboxylic acid groups (broad SMARTS) is 1. The van der Waals surface area contributed by atoms with E-state index in [-0.39, 0.29) is 12.3 Å². The minimum absolute atomic E-state index is 0.231. The number of amides is 1. The molecule has 1 aromatic carbocycles. The van der Waals surface area contributed by atoms with Crippen molar-refractivity contribution in [3.05, 3.63) is 29.8 Å². The van der Waals surface area contributed by atoms with Gasteiger partial charge in [-0.1, -0.05) is 12.1 Å². The first-order chi connectivity index (χ1) is 8.52. The Balaban J connectivity index is 2.40. The van der Waals surface area contributed by atoms with E-state index in [1.54, 1.807) is 19.2 Å². The summed E-state index contributed by atoms with van der Waals surface area (Å²) in [5.74, 6) is -0.840. The number of benzene rings is 1. The number of nitrogens with two attached hydrogens (primary N) is 1. The molecule has 6 nitrogen and oxygen atoms in total. The molecule has 0 spiro atoms. The predicted molar refractivity (Wildman–Crippen MR) is 65.1 cm³/mol. The Hall–Kier alpha value is -2.08. The van der Waals surface area contributed by atoms with Crippen LogP contribution in [0, 0.1) is 0 Å². The number of carbonyl (C=O) groups excluding carboxylic acids is 1. The summed E-state index contributed by atoms with van der Waals surface area (Å²) >= 11 is 0. The highest BCUT2D eigenvalue weighted by atomic mass is 16.5. The first kappa shape index (κ1) is 14.0. The maximum atomic E-state index is 11.4. The fourth-order valence-electron chi connectivity index (χ4n) is 1.30. The number of carboxylic acids is 1. The van der Waals surface area contributed by atoms with E-state index in [4.69, 9.17) is 15.6 Å². The molecule has 4 N–H and O–H groups in total. The van der Waals surface area contributed by atoms with Gasteiger partial charge in [-0.05, 0) is 17.7 Å². The number of nitrogens with one attached hydrogen (secondary N) is 1. The van der Waals surface area contributed by atoms with Crippen LogP contribution in [0.4, 0.5) is 0 Å². The monoisotopic (exact) mass is 252 g/mol. The summed E-state index contributed by atoms with van der Waals surface area (Å²) in [5.41, 5.74) is 6.14. The third-order valence-corrected chi connectivity index (χ3v) is 2.37. The zero-order chi connectivity index (χ0) is 13.5. The average molecular weight is 252 g/mol. The van der Waals surface area contributed by atoms with Crippen LogP contribution in [0.1, 0.15) is 12.0 Å². The Labute approximate surface area is 105 Å². The lowest BCUT2D eigenvalue weighted by atomic mass is 10.2. The molecule has 0 bridgehead atoms. The van der Waals surface area contributed by atoms with Gasteiger partial charge in [-0.15, -0.1) is 0 Å². The zero-order valence-electron chi connectivity index (χ0n) is 10.1. The topological polar surface area (TPSA) is 102 Å².